The van der Waals surface area contributed by atoms with Gasteiger partial charge in [0.05, 0.1) is 5.69 Å². The van der Waals surface area contributed by atoms with Gasteiger partial charge in [0.25, 0.3) is 0 Å². The molecule has 4 nitrogen and oxygen atoms in total. The normalized spacial score (nSPS) is 10.6. The topological polar surface area (TPSA) is 62.2 Å². The molecule has 1 aromatic heterocycles. The zero-order valence-corrected chi connectivity index (χ0v) is 14.4. The first-order valence-corrected chi connectivity index (χ1v) is 8.59. The highest BCUT2D eigenvalue weighted by atomic mass is 35.5. The first kappa shape index (κ1) is 17.4. The molecule has 0 radical (unpaired) electrons. The summed E-state index contributed by atoms with van der Waals surface area (Å²) in [6.07, 6.45) is 0.344. The second-order valence-electron chi connectivity index (χ2n) is 5.24. The Kier molecular flexibility index (Phi) is 5.31. The number of nitrogens with zero attached hydrogens (tertiary/aromatic N) is 1. The van der Waals surface area contributed by atoms with Crippen molar-refractivity contribution < 1.29 is 19.0 Å². The fourth-order valence-electron chi connectivity index (χ4n) is 2.27. The van der Waals surface area contributed by atoms with Gasteiger partial charge in [-0.1, -0.05) is 29.8 Å². The lowest BCUT2D eigenvalue weighted by molar-refractivity contribution is -0.255. The molecule has 0 fully saturated rings. The van der Waals surface area contributed by atoms with Crippen molar-refractivity contribution in [3.05, 3.63) is 80.5 Å². The molecule has 0 atom stereocenters. The number of thiazole rings is 1. The third-order valence-corrected chi connectivity index (χ3v) is 4.57. The van der Waals surface area contributed by atoms with Crippen LogP contribution in [0.3, 0.4) is 0 Å². The van der Waals surface area contributed by atoms with E-state index in [4.69, 9.17) is 16.3 Å². The van der Waals surface area contributed by atoms with Crippen molar-refractivity contribution in [2.45, 2.75) is 13.0 Å². The third-order valence-electron chi connectivity index (χ3n) is 3.46. The summed E-state index contributed by atoms with van der Waals surface area (Å²) in [6.45, 7) is 0.0721. The Hall–Kier alpha value is -2.44. The van der Waals surface area contributed by atoms with E-state index < -0.39 is 5.97 Å². The Labute approximate surface area is 152 Å². The molecule has 128 valence electrons. The minimum absolute atomic E-state index is 0.0721. The van der Waals surface area contributed by atoms with Crippen molar-refractivity contribution in [3.63, 3.8) is 0 Å². The SMILES string of the molecule is O=C([O-])c1nc(Cc2cc(Cl)ccc2OCc2ccccc2F)cs1. The highest BCUT2D eigenvalue weighted by Crippen LogP contribution is 2.27. The largest absolute Gasteiger partial charge is 0.542 e. The highest BCUT2D eigenvalue weighted by molar-refractivity contribution is 7.11. The van der Waals surface area contributed by atoms with E-state index in [0.29, 0.717) is 28.5 Å². The van der Waals surface area contributed by atoms with Crippen LogP contribution in [-0.4, -0.2) is 11.0 Å². The number of aromatic carboxylic acids is 1. The maximum Gasteiger partial charge on any atom is 0.139 e. The van der Waals surface area contributed by atoms with Gasteiger partial charge in [0, 0.05) is 28.0 Å². The summed E-state index contributed by atoms with van der Waals surface area (Å²) in [5, 5.41) is 12.9. The number of rotatable bonds is 6. The Bertz CT molecular complexity index is 913. The lowest BCUT2D eigenvalue weighted by Crippen LogP contribution is -2.21. The first-order valence-electron chi connectivity index (χ1n) is 7.33. The number of carboxylic acids is 1. The fourth-order valence-corrected chi connectivity index (χ4v) is 3.12. The summed E-state index contributed by atoms with van der Waals surface area (Å²) < 4.78 is 19.4. The zero-order valence-electron chi connectivity index (χ0n) is 12.9. The molecule has 2 aromatic carbocycles. The van der Waals surface area contributed by atoms with Crippen LogP contribution in [0, 0.1) is 5.82 Å². The van der Waals surface area contributed by atoms with Gasteiger partial charge in [0.2, 0.25) is 0 Å². The molecule has 1 heterocycles. The number of hydrogen-bond donors (Lipinski definition) is 0. The van der Waals surface area contributed by atoms with Crippen molar-refractivity contribution in [2.75, 3.05) is 0 Å². The van der Waals surface area contributed by atoms with Crippen LogP contribution in [0.15, 0.2) is 47.8 Å². The van der Waals surface area contributed by atoms with Gasteiger partial charge < -0.3 is 14.6 Å². The number of carbonyl (C=O) groups is 1. The molecule has 0 saturated heterocycles. The maximum atomic E-state index is 13.7. The molecule has 3 rings (SSSR count). The van der Waals surface area contributed by atoms with Crippen LogP contribution in [0.1, 0.15) is 26.6 Å². The van der Waals surface area contributed by atoms with E-state index >= 15 is 0 Å². The summed E-state index contributed by atoms with van der Waals surface area (Å²) in [7, 11) is 0. The van der Waals surface area contributed by atoms with Gasteiger partial charge in [0.15, 0.2) is 0 Å². The monoisotopic (exact) mass is 376 g/mol. The van der Waals surface area contributed by atoms with Crippen molar-refractivity contribution >= 4 is 28.9 Å². The van der Waals surface area contributed by atoms with Crippen molar-refractivity contribution in [2.24, 2.45) is 0 Å². The number of halogens is 2. The van der Waals surface area contributed by atoms with Gasteiger partial charge in [-0.15, -0.1) is 11.3 Å². The van der Waals surface area contributed by atoms with Gasteiger partial charge in [-0.3, -0.25) is 0 Å². The molecule has 0 aliphatic carbocycles. The average Bonchev–Trinajstić information content (AvgIpc) is 3.04. The van der Waals surface area contributed by atoms with E-state index in [9.17, 15) is 14.3 Å². The predicted octanol–water partition coefficient (Wildman–Crippen LogP) is 3.47. The molecule has 0 unspecified atom stereocenters. The molecule has 0 aliphatic rings. The molecule has 0 amide bonds. The summed E-state index contributed by atoms with van der Waals surface area (Å²) >= 11 is 7.05. The number of hydrogen-bond acceptors (Lipinski definition) is 5. The molecule has 25 heavy (non-hydrogen) atoms. The van der Waals surface area contributed by atoms with Crippen molar-refractivity contribution in [3.8, 4) is 5.75 Å². The van der Waals surface area contributed by atoms with Crippen LogP contribution in [-0.2, 0) is 13.0 Å². The van der Waals surface area contributed by atoms with E-state index in [1.165, 1.54) is 6.07 Å². The van der Waals surface area contributed by atoms with Gasteiger partial charge in [-0.25, -0.2) is 9.37 Å². The number of benzene rings is 2. The Balaban J connectivity index is 1.80. The Morgan fingerprint density at radius 1 is 1.24 bits per heavy atom. The third kappa shape index (κ3) is 4.35. The molecule has 7 heteroatoms. The summed E-state index contributed by atoms with van der Waals surface area (Å²) in [6, 6.07) is 11.5. The fraction of sp³-hybridized carbons (Fsp3) is 0.111. The van der Waals surface area contributed by atoms with E-state index in [-0.39, 0.29) is 17.4 Å². The van der Waals surface area contributed by atoms with Crippen molar-refractivity contribution in [1.82, 2.24) is 4.98 Å². The number of carboxylic acid groups (broad SMARTS) is 1. The summed E-state index contributed by atoms with van der Waals surface area (Å²) in [5.41, 5.74) is 1.75. The second kappa shape index (κ2) is 7.63. The Morgan fingerprint density at radius 2 is 2.04 bits per heavy atom. The number of carbonyl (C=O) groups excluding carboxylic acids is 1. The maximum absolute atomic E-state index is 13.7. The van der Waals surface area contributed by atoms with E-state index in [1.807, 2.05) is 0 Å². The van der Waals surface area contributed by atoms with Gasteiger partial charge in [-0.05, 0) is 24.3 Å². The van der Waals surface area contributed by atoms with E-state index in [2.05, 4.69) is 4.98 Å². The Morgan fingerprint density at radius 3 is 2.76 bits per heavy atom. The molecular weight excluding hydrogens is 365 g/mol. The quantitative estimate of drug-likeness (QED) is 0.661. The van der Waals surface area contributed by atoms with Crippen LogP contribution < -0.4 is 9.84 Å². The number of aromatic nitrogens is 1. The molecule has 3 aromatic rings. The minimum atomic E-state index is -1.31. The van der Waals surface area contributed by atoms with E-state index in [0.717, 1.165) is 16.9 Å². The van der Waals surface area contributed by atoms with Gasteiger partial charge >= 0.3 is 0 Å². The standard InChI is InChI=1S/C18H13ClFNO3S/c19-13-5-6-16(24-9-11-3-1-2-4-15(11)20)12(7-13)8-14-10-25-17(21-14)18(22)23/h1-7,10H,8-9H2,(H,22,23)/p-1. The zero-order chi connectivity index (χ0) is 17.8. The molecule has 0 aliphatic heterocycles. The second-order valence-corrected chi connectivity index (χ2v) is 6.53. The van der Waals surface area contributed by atoms with Crippen LogP contribution in [0.5, 0.6) is 5.75 Å². The lowest BCUT2D eigenvalue weighted by Gasteiger charge is -2.12. The molecular formula is C18H12ClFNO3S-. The summed E-state index contributed by atoms with van der Waals surface area (Å²) in [4.78, 5) is 14.8. The van der Waals surface area contributed by atoms with E-state index in [1.54, 1.807) is 41.8 Å². The minimum Gasteiger partial charge on any atom is -0.542 e. The molecule has 0 spiro atoms. The molecule has 0 bridgehead atoms. The summed E-state index contributed by atoms with van der Waals surface area (Å²) in [5.74, 6) is -1.11. The molecule has 0 saturated carbocycles. The van der Waals surface area contributed by atoms with Crippen LogP contribution in [0.4, 0.5) is 4.39 Å². The van der Waals surface area contributed by atoms with Gasteiger partial charge in [-0.2, -0.15) is 0 Å². The smallest absolute Gasteiger partial charge is 0.139 e. The molecule has 0 N–H and O–H groups in total. The number of ether oxygens (including phenoxy) is 1. The van der Waals surface area contributed by atoms with Crippen LogP contribution >= 0.6 is 22.9 Å². The predicted molar refractivity (Wildman–Crippen MR) is 91.4 cm³/mol. The highest BCUT2D eigenvalue weighted by Gasteiger charge is 2.11. The van der Waals surface area contributed by atoms with Gasteiger partial charge in [0.1, 0.15) is 29.2 Å². The average molecular weight is 377 g/mol. The van der Waals surface area contributed by atoms with Crippen LogP contribution in [0.2, 0.25) is 5.02 Å². The van der Waals surface area contributed by atoms with Crippen molar-refractivity contribution in [1.29, 1.82) is 0 Å². The first-order chi connectivity index (χ1) is 12.0. The van der Waals surface area contributed by atoms with Crippen LogP contribution in [0.25, 0.3) is 0 Å². The lowest BCUT2D eigenvalue weighted by atomic mass is 10.1.